The van der Waals surface area contributed by atoms with E-state index in [9.17, 15) is 0 Å². The predicted molar refractivity (Wildman–Crippen MR) is 54.2 cm³/mol. The zero-order chi connectivity index (χ0) is 9.68. The fourth-order valence-corrected chi connectivity index (χ4v) is 1.17. The molecule has 0 saturated carbocycles. The summed E-state index contributed by atoms with van der Waals surface area (Å²) in [4.78, 5) is 0. The van der Waals surface area contributed by atoms with Gasteiger partial charge in [0.2, 0.25) is 0 Å². The summed E-state index contributed by atoms with van der Waals surface area (Å²) in [6.07, 6.45) is 2.94. The second kappa shape index (κ2) is 4.47. The second-order valence-corrected chi connectivity index (χ2v) is 3.23. The van der Waals surface area contributed by atoms with Gasteiger partial charge < -0.3 is 0 Å². The van der Waals surface area contributed by atoms with Gasteiger partial charge >= 0.3 is 0 Å². The molecule has 0 aromatic heterocycles. The Hall–Kier alpha value is -1.55. The molecule has 0 spiro atoms. The fraction of sp³-hybridized carbons (Fsp3) is 0.250. The smallest absolute Gasteiger partial charge is 0.0991 e. The Kier molecular flexibility index (Phi) is 3.28. The van der Waals surface area contributed by atoms with Gasteiger partial charge in [-0.1, -0.05) is 25.1 Å². The van der Waals surface area contributed by atoms with Gasteiger partial charge in [0.15, 0.2) is 0 Å². The Morgan fingerprint density at radius 2 is 2.08 bits per heavy atom. The topological polar surface area (TPSA) is 23.8 Å². The van der Waals surface area contributed by atoms with E-state index < -0.39 is 0 Å². The highest BCUT2D eigenvalue weighted by atomic mass is 14.2. The van der Waals surface area contributed by atoms with Crippen molar-refractivity contribution in [2.24, 2.45) is 5.92 Å². The molecule has 0 saturated heterocycles. The zero-order valence-electron chi connectivity index (χ0n) is 7.83. The van der Waals surface area contributed by atoms with E-state index in [1.807, 2.05) is 30.3 Å². The van der Waals surface area contributed by atoms with Gasteiger partial charge in [-0.2, -0.15) is 5.26 Å². The van der Waals surface area contributed by atoms with Crippen LogP contribution in [0.25, 0.3) is 0 Å². The highest BCUT2D eigenvalue weighted by Gasteiger charge is 1.98. The highest BCUT2D eigenvalue weighted by molar-refractivity contribution is 5.31. The molecule has 0 amide bonds. The van der Waals surface area contributed by atoms with Gasteiger partial charge in [0.05, 0.1) is 11.6 Å². The monoisotopic (exact) mass is 171 g/mol. The molecule has 1 aromatic rings. The lowest BCUT2D eigenvalue weighted by molar-refractivity contribution is 0.725. The van der Waals surface area contributed by atoms with Crippen LogP contribution in [0.4, 0.5) is 0 Å². The Morgan fingerprint density at radius 3 is 2.54 bits per heavy atom. The van der Waals surface area contributed by atoms with Gasteiger partial charge in [0.25, 0.3) is 0 Å². The van der Waals surface area contributed by atoms with Gasteiger partial charge in [-0.3, -0.25) is 0 Å². The lowest BCUT2D eigenvalue weighted by Gasteiger charge is -2.04. The minimum atomic E-state index is 0.493. The van der Waals surface area contributed by atoms with E-state index in [1.54, 1.807) is 0 Å². The van der Waals surface area contributed by atoms with Gasteiger partial charge in [0, 0.05) is 0 Å². The van der Waals surface area contributed by atoms with Crippen LogP contribution >= 0.6 is 0 Å². The summed E-state index contributed by atoms with van der Waals surface area (Å²) in [5, 5.41) is 8.59. The van der Waals surface area contributed by atoms with E-state index >= 15 is 0 Å². The first-order valence-electron chi connectivity index (χ1n) is 4.38. The third-order valence-electron chi connectivity index (χ3n) is 2.04. The molecule has 0 radical (unpaired) electrons. The van der Waals surface area contributed by atoms with Crippen LogP contribution in [0.1, 0.15) is 18.1 Å². The minimum Gasteiger partial charge on any atom is -0.192 e. The summed E-state index contributed by atoms with van der Waals surface area (Å²) in [6, 6.07) is 9.80. The number of hydrogen-bond acceptors (Lipinski definition) is 1. The molecule has 13 heavy (non-hydrogen) atoms. The van der Waals surface area contributed by atoms with Gasteiger partial charge in [-0.25, -0.2) is 0 Å². The van der Waals surface area contributed by atoms with E-state index in [1.165, 1.54) is 5.56 Å². The summed E-state index contributed by atoms with van der Waals surface area (Å²) < 4.78 is 0. The van der Waals surface area contributed by atoms with Crippen molar-refractivity contribution in [3.8, 4) is 6.07 Å². The first-order chi connectivity index (χ1) is 6.26. The summed E-state index contributed by atoms with van der Waals surface area (Å²) in [7, 11) is 0. The van der Waals surface area contributed by atoms with E-state index in [2.05, 4.69) is 19.6 Å². The summed E-state index contributed by atoms with van der Waals surface area (Å²) in [5.74, 6) is 0.493. The highest BCUT2D eigenvalue weighted by Crippen LogP contribution is 2.10. The molecule has 1 aromatic carbocycles. The molecule has 1 unspecified atom stereocenters. The van der Waals surface area contributed by atoms with Crippen molar-refractivity contribution in [1.29, 1.82) is 5.26 Å². The van der Waals surface area contributed by atoms with Gasteiger partial charge in [0.1, 0.15) is 0 Å². The van der Waals surface area contributed by atoms with E-state index in [0.717, 1.165) is 12.0 Å². The van der Waals surface area contributed by atoms with Crippen LogP contribution < -0.4 is 0 Å². The quantitative estimate of drug-likeness (QED) is 0.641. The number of allylic oxidation sites excluding steroid dienone is 1. The number of nitriles is 1. The average Bonchev–Trinajstić information content (AvgIpc) is 2.19. The Balaban J connectivity index is 2.70. The third kappa shape index (κ3) is 2.76. The molecule has 0 aliphatic rings. The minimum absolute atomic E-state index is 0.493. The average molecular weight is 171 g/mol. The standard InChI is InChI=1S/C12H13N/c1-3-10(2)8-11-4-6-12(9-13)7-5-11/h3-7,10H,1,8H2,2H3. The SMILES string of the molecule is C=CC(C)Cc1ccc(C#N)cc1. The Morgan fingerprint density at radius 1 is 1.46 bits per heavy atom. The lowest BCUT2D eigenvalue weighted by atomic mass is 10.0. The molecule has 0 aliphatic carbocycles. The number of rotatable bonds is 3. The van der Waals surface area contributed by atoms with Crippen molar-refractivity contribution in [3.63, 3.8) is 0 Å². The van der Waals surface area contributed by atoms with Crippen LogP contribution in [0, 0.1) is 17.2 Å². The van der Waals surface area contributed by atoms with Crippen molar-refractivity contribution < 1.29 is 0 Å². The van der Waals surface area contributed by atoms with Crippen LogP contribution in [-0.4, -0.2) is 0 Å². The van der Waals surface area contributed by atoms with Gasteiger partial charge in [-0.15, -0.1) is 6.58 Å². The molecular weight excluding hydrogens is 158 g/mol. The number of hydrogen-bond donors (Lipinski definition) is 0. The summed E-state index contributed by atoms with van der Waals surface area (Å²) in [6.45, 7) is 5.87. The molecule has 1 rings (SSSR count). The van der Waals surface area contributed by atoms with Crippen molar-refractivity contribution in [3.05, 3.63) is 48.0 Å². The van der Waals surface area contributed by atoms with Gasteiger partial charge in [-0.05, 0) is 30.0 Å². The predicted octanol–water partition coefficient (Wildman–Crippen LogP) is 2.92. The normalized spacial score (nSPS) is 11.7. The second-order valence-electron chi connectivity index (χ2n) is 3.23. The lowest BCUT2D eigenvalue weighted by Crippen LogP contribution is -1.94. The third-order valence-corrected chi connectivity index (χ3v) is 2.04. The van der Waals surface area contributed by atoms with Crippen LogP contribution in [0.15, 0.2) is 36.9 Å². The Bertz CT molecular complexity index is 316. The molecule has 0 aliphatic heterocycles. The van der Waals surface area contributed by atoms with Crippen molar-refractivity contribution in [2.45, 2.75) is 13.3 Å². The Labute approximate surface area is 79.3 Å². The first kappa shape index (κ1) is 9.54. The molecule has 1 heteroatoms. The van der Waals surface area contributed by atoms with Crippen molar-refractivity contribution in [1.82, 2.24) is 0 Å². The van der Waals surface area contributed by atoms with Crippen LogP contribution in [0.2, 0.25) is 0 Å². The molecule has 0 N–H and O–H groups in total. The van der Waals surface area contributed by atoms with Crippen LogP contribution in [-0.2, 0) is 6.42 Å². The van der Waals surface area contributed by atoms with E-state index in [0.29, 0.717) is 5.92 Å². The maximum absolute atomic E-state index is 8.59. The van der Waals surface area contributed by atoms with E-state index in [-0.39, 0.29) is 0 Å². The molecular formula is C12H13N. The molecule has 1 nitrogen and oxygen atoms in total. The summed E-state index contributed by atoms with van der Waals surface area (Å²) in [5.41, 5.74) is 1.97. The summed E-state index contributed by atoms with van der Waals surface area (Å²) >= 11 is 0. The molecule has 0 heterocycles. The molecule has 66 valence electrons. The number of nitrogens with zero attached hydrogens (tertiary/aromatic N) is 1. The van der Waals surface area contributed by atoms with Crippen molar-refractivity contribution in [2.75, 3.05) is 0 Å². The molecule has 0 fully saturated rings. The fourth-order valence-electron chi connectivity index (χ4n) is 1.17. The molecule has 0 bridgehead atoms. The maximum atomic E-state index is 8.59. The zero-order valence-corrected chi connectivity index (χ0v) is 7.83. The largest absolute Gasteiger partial charge is 0.192 e. The van der Waals surface area contributed by atoms with Crippen LogP contribution in [0.3, 0.4) is 0 Å². The van der Waals surface area contributed by atoms with Crippen LogP contribution in [0.5, 0.6) is 0 Å². The van der Waals surface area contributed by atoms with Crippen molar-refractivity contribution >= 4 is 0 Å². The van der Waals surface area contributed by atoms with E-state index in [4.69, 9.17) is 5.26 Å². The molecule has 1 atom stereocenters. The maximum Gasteiger partial charge on any atom is 0.0991 e. The number of benzene rings is 1. The first-order valence-corrected chi connectivity index (χ1v) is 4.38.